The van der Waals surface area contributed by atoms with Gasteiger partial charge in [-0.1, -0.05) is 0 Å². The topological polar surface area (TPSA) is 57.6 Å². The van der Waals surface area contributed by atoms with Gasteiger partial charge in [0, 0.05) is 13.1 Å². The van der Waals surface area contributed by atoms with Crippen LogP contribution in [0.1, 0.15) is 6.42 Å². The van der Waals surface area contributed by atoms with Gasteiger partial charge in [-0.25, -0.2) is 0 Å². The number of aliphatic carboxylic acids is 1. The van der Waals surface area contributed by atoms with Gasteiger partial charge >= 0.3 is 5.97 Å². The SMILES string of the molecule is O=CN1CC2CC2(C(=O)O)C1. The first-order chi connectivity index (χ1) is 5.19. The van der Waals surface area contributed by atoms with E-state index in [1.54, 1.807) is 4.90 Å². The van der Waals surface area contributed by atoms with E-state index in [0.717, 1.165) is 12.8 Å². The van der Waals surface area contributed by atoms with Gasteiger partial charge in [0.1, 0.15) is 0 Å². The normalized spacial score (nSPS) is 40.0. The van der Waals surface area contributed by atoms with Gasteiger partial charge in [0.25, 0.3) is 0 Å². The van der Waals surface area contributed by atoms with E-state index in [0.29, 0.717) is 13.1 Å². The minimum absolute atomic E-state index is 0.227. The highest BCUT2D eigenvalue weighted by Gasteiger charge is 2.65. The summed E-state index contributed by atoms with van der Waals surface area (Å²) in [4.78, 5) is 22.5. The van der Waals surface area contributed by atoms with Gasteiger partial charge in [-0.3, -0.25) is 9.59 Å². The van der Waals surface area contributed by atoms with Crippen molar-refractivity contribution in [2.24, 2.45) is 11.3 Å². The van der Waals surface area contributed by atoms with Crippen LogP contribution >= 0.6 is 0 Å². The third-order valence-electron chi connectivity index (χ3n) is 2.75. The number of rotatable bonds is 2. The second-order valence-corrected chi connectivity index (χ2v) is 3.40. The van der Waals surface area contributed by atoms with Crippen LogP contribution in [0.5, 0.6) is 0 Å². The van der Waals surface area contributed by atoms with Crippen LogP contribution in [-0.2, 0) is 9.59 Å². The average molecular weight is 155 g/mol. The van der Waals surface area contributed by atoms with Crippen molar-refractivity contribution in [1.29, 1.82) is 0 Å². The summed E-state index contributed by atoms with van der Waals surface area (Å²) in [5.74, 6) is -0.517. The molecule has 60 valence electrons. The zero-order valence-electron chi connectivity index (χ0n) is 5.99. The fraction of sp³-hybridized carbons (Fsp3) is 0.714. The molecule has 2 unspecified atom stereocenters. The van der Waals surface area contributed by atoms with Crippen LogP contribution in [0.4, 0.5) is 0 Å². The van der Waals surface area contributed by atoms with Crippen molar-refractivity contribution in [2.75, 3.05) is 13.1 Å². The summed E-state index contributed by atoms with van der Waals surface area (Å²) in [5, 5.41) is 8.78. The number of fused-ring (bicyclic) bond motifs is 1. The van der Waals surface area contributed by atoms with Crippen LogP contribution in [-0.4, -0.2) is 35.5 Å². The van der Waals surface area contributed by atoms with Crippen molar-refractivity contribution < 1.29 is 14.7 Å². The number of carboxylic acid groups (broad SMARTS) is 1. The first kappa shape index (κ1) is 6.64. The molecule has 1 saturated heterocycles. The number of piperidine rings is 1. The Kier molecular flexibility index (Phi) is 1.06. The molecule has 1 heterocycles. The molecule has 2 aliphatic rings. The zero-order chi connectivity index (χ0) is 8.06. The molecule has 1 aliphatic carbocycles. The van der Waals surface area contributed by atoms with Crippen molar-refractivity contribution in [3.63, 3.8) is 0 Å². The van der Waals surface area contributed by atoms with Gasteiger partial charge in [-0.2, -0.15) is 0 Å². The molecule has 1 aliphatic heterocycles. The molecule has 0 spiro atoms. The lowest BCUT2D eigenvalue weighted by atomic mass is 10.1. The lowest BCUT2D eigenvalue weighted by Gasteiger charge is -2.12. The third kappa shape index (κ3) is 0.692. The van der Waals surface area contributed by atoms with Crippen LogP contribution in [0.15, 0.2) is 0 Å². The number of nitrogens with zero attached hydrogens (tertiary/aromatic N) is 1. The number of amides is 1. The molecule has 2 rings (SSSR count). The first-order valence-electron chi connectivity index (χ1n) is 3.62. The molecule has 0 aromatic heterocycles. The standard InChI is InChI=1S/C7H9NO3/c9-4-8-2-5-1-7(5,3-8)6(10)11/h4-5H,1-3H2,(H,10,11). The Hall–Kier alpha value is -1.06. The molecule has 0 bridgehead atoms. The molecular weight excluding hydrogens is 146 g/mol. The van der Waals surface area contributed by atoms with Crippen LogP contribution in [0.3, 0.4) is 0 Å². The van der Waals surface area contributed by atoms with Gasteiger partial charge in [0.15, 0.2) is 0 Å². The maximum Gasteiger partial charge on any atom is 0.311 e. The average Bonchev–Trinajstić information content (AvgIpc) is 2.56. The van der Waals surface area contributed by atoms with E-state index in [1.807, 2.05) is 0 Å². The number of likely N-dealkylation sites (tertiary alicyclic amines) is 1. The number of hydrogen-bond donors (Lipinski definition) is 1. The molecule has 0 aromatic rings. The van der Waals surface area contributed by atoms with Crippen LogP contribution in [0, 0.1) is 11.3 Å². The molecular formula is C7H9NO3. The molecule has 2 atom stereocenters. The van der Waals surface area contributed by atoms with Gasteiger partial charge in [0.05, 0.1) is 5.41 Å². The van der Waals surface area contributed by atoms with Gasteiger partial charge in [-0.15, -0.1) is 0 Å². The molecule has 4 heteroatoms. The molecule has 1 amide bonds. The fourth-order valence-corrected chi connectivity index (χ4v) is 1.93. The van der Waals surface area contributed by atoms with E-state index < -0.39 is 11.4 Å². The molecule has 2 fully saturated rings. The lowest BCUT2D eigenvalue weighted by molar-refractivity contribution is -0.143. The van der Waals surface area contributed by atoms with E-state index in [9.17, 15) is 9.59 Å². The summed E-state index contributed by atoms with van der Waals surface area (Å²) in [6.45, 7) is 1.05. The van der Waals surface area contributed by atoms with E-state index in [1.165, 1.54) is 0 Å². The largest absolute Gasteiger partial charge is 0.481 e. The maximum atomic E-state index is 10.7. The smallest absolute Gasteiger partial charge is 0.311 e. The van der Waals surface area contributed by atoms with Gasteiger partial charge in [0.2, 0.25) is 6.41 Å². The highest BCUT2D eigenvalue weighted by atomic mass is 16.4. The highest BCUT2D eigenvalue weighted by molar-refractivity contribution is 5.80. The Bertz CT molecular complexity index is 228. The van der Waals surface area contributed by atoms with Gasteiger partial charge < -0.3 is 10.0 Å². The summed E-state index contributed by atoms with van der Waals surface area (Å²) in [7, 11) is 0. The molecule has 11 heavy (non-hydrogen) atoms. The van der Waals surface area contributed by atoms with Crippen LogP contribution < -0.4 is 0 Å². The van der Waals surface area contributed by atoms with E-state index >= 15 is 0 Å². The number of carbonyl (C=O) groups is 2. The molecule has 0 radical (unpaired) electrons. The summed E-state index contributed by atoms with van der Waals surface area (Å²) in [6, 6.07) is 0. The number of hydrogen-bond acceptors (Lipinski definition) is 2. The zero-order valence-corrected chi connectivity index (χ0v) is 5.99. The minimum Gasteiger partial charge on any atom is -0.481 e. The van der Waals surface area contributed by atoms with Crippen molar-refractivity contribution in [1.82, 2.24) is 4.90 Å². The van der Waals surface area contributed by atoms with E-state index in [-0.39, 0.29) is 5.92 Å². The lowest BCUT2D eigenvalue weighted by Crippen LogP contribution is -2.27. The first-order valence-corrected chi connectivity index (χ1v) is 3.62. The summed E-state index contributed by atoms with van der Waals surface area (Å²) in [6.07, 6.45) is 1.49. The molecule has 1 saturated carbocycles. The minimum atomic E-state index is -0.744. The van der Waals surface area contributed by atoms with Crippen LogP contribution in [0.25, 0.3) is 0 Å². The van der Waals surface area contributed by atoms with E-state index in [2.05, 4.69) is 0 Å². The highest BCUT2D eigenvalue weighted by Crippen LogP contribution is 2.57. The Morgan fingerprint density at radius 2 is 2.45 bits per heavy atom. The monoisotopic (exact) mass is 155 g/mol. The second-order valence-electron chi connectivity index (χ2n) is 3.40. The quantitative estimate of drug-likeness (QED) is 0.549. The predicted octanol–water partition coefficient (Wildman–Crippen LogP) is -0.451. The Morgan fingerprint density at radius 1 is 1.73 bits per heavy atom. The summed E-state index contributed by atoms with van der Waals surface area (Å²) in [5.41, 5.74) is -0.555. The second kappa shape index (κ2) is 1.75. The summed E-state index contributed by atoms with van der Waals surface area (Å²) >= 11 is 0. The Balaban J connectivity index is 2.12. The van der Waals surface area contributed by atoms with Crippen molar-refractivity contribution in [3.05, 3.63) is 0 Å². The molecule has 4 nitrogen and oxygen atoms in total. The van der Waals surface area contributed by atoms with E-state index in [4.69, 9.17) is 5.11 Å². The van der Waals surface area contributed by atoms with Crippen LogP contribution in [0.2, 0.25) is 0 Å². The fourth-order valence-electron chi connectivity index (χ4n) is 1.93. The predicted molar refractivity (Wildman–Crippen MR) is 35.8 cm³/mol. The van der Waals surface area contributed by atoms with Crippen molar-refractivity contribution in [3.8, 4) is 0 Å². The summed E-state index contributed by atoms with van der Waals surface area (Å²) < 4.78 is 0. The maximum absolute atomic E-state index is 10.7. The van der Waals surface area contributed by atoms with Crippen molar-refractivity contribution in [2.45, 2.75) is 6.42 Å². The molecule has 1 N–H and O–H groups in total. The Labute approximate surface area is 63.8 Å². The third-order valence-corrected chi connectivity index (χ3v) is 2.75. The number of carboxylic acids is 1. The Morgan fingerprint density at radius 3 is 2.82 bits per heavy atom. The van der Waals surface area contributed by atoms with Gasteiger partial charge in [-0.05, 0) is 12.3 Å². The molecule has 0 aromatic carbocycles. The number of carbonyl (C=O) groups excluding carboxylic acids is 1. The van der Waals surface area contributed by atoms with Crippen molar-refractivity contribution >= 4 is 12.4 Å².